The Bertz CT molecular complexity index is 379. The molecule has 0 aliphatic carbocycles. The molecule has 14 heavy (non-hydrogen) atoms. The lowest BCUT2D eigenvalue weighted by Gasteiger charge is -1.97. The Kier molecular flexibility index (Phi) is 3.37. The van der Waals surface area contributed by atoms with E-state index in [-0.39, 0.29) is 13.8 Å². The Balaban J connectivity index is 3.22. The Hall–Kier alpha value is -1.21. The minimum atomic E-state index is -0.700. The number of hydrogen-bond acceptors (Lipinski definition) is 7. The van der Waals surface area contributed by atoms with Gasteiger partial charge in [-0.05, 0) is 0 Å². The fourth-order valence-corrected chi connectivity index (χ4v) is 2.67. The number of esters is 2. The van der Waals surface area contributed by atoms with E-state index in [0.717, 1.165) is 0 Å². The summed E-state index contributed by atoms with van der Waals surface area (Å²) in [7, 11) is 2.36. The van der Waals surface area contributed by atoms with Crippen molar-refractivity contribution in [2.45, 2.75) is 0 Å². The molecular formula is C7H6O5S2. The smallest absolute Gasteiger partial charge is 0.349 e. The van der Waals surface area contributed by atoms with Gasteiger partial charge in [-0.3, -0.25) is 4.79 Å². The predicted octanol–water partition coefficient (Wildman–Crippen LogP) is 0.743. The van der Waals surface area contributed by atoms with Gasteiger partial charge in [-0.15, -0.1) is 0 Å². The van der Waals surface area contributed by atoms with Crippen LogP contribution in [0.1, 0.15) is 19.3 Å². The van der Waals surface area contributed by atoms with Crippen molar-refractivity contribution < 1.29 is 19.1 Å². The lowest BCUT2D eigenvalue weighted by molar-refractivity contribution is 0.0564. The lowest BCUT2D eigenvalue weighted by Crippen LogP contribution is -2.07. The van der Waals surface area contributed by atoms with Crippen LogP contribution in [0.3, 0.4) is 0 Å². The fraction of sp³-hybridized carbons (Fsp3) is 0.286. The lowest BCUT2D eigenvalue weighted by atomic mass is 10.4. The second-order valence-electron chi connectivity index (χ2n) is 2.10. The number of methoxy groups -OCH3 is 2. The maximum Gasteiger partial charge on any atom is 0.349 e. The molecule has 0 bridgehead atoms. The van der Waals surface area contributed by atoms with Crippen LogP contribution in [0.15, 0.2) is 4.79 Å². The van der Waals surface area contributed by atoms with Crippen molar-refractivity contribution in [2.75, 3.05) is 14.2 Å². The number of ether oxygens (including phenoxy) is 2. The molecule has 0 saturated carbocycles. The molecule has 7 heteroatoms. The normalized spacial score (nSPS) is 9.57. The molecule has 0 aromatic carbocycles. The molecule has 1 aromatic heterocycles. The number of hydrogen-bond donors (Lipinski definition) is 0. The molecule has 0 atom stereocenters. The molecule has 0 fully saturated rings. The summed E-state index contributed by atoms with van der Waals surface area (Å²) in [5, 5.41) is 0. The van der Waals surface area contributed by atoms with Crippen LogP contribution in [0.4, 0.5) is 0 Å². The molecule has 0 radical (unpaired) electrons. The zero-order chi connectivity index (χ0) is 10.7. The molecular weight excluding hydrogens is 228 g/mol. The largest absolute Gasteiger partial charge is 0.465 e. The van der Waals surface area contributed by atoms with Gasteiger partial charge in [0.1, 0.15) is 9.75 Å². The van der Waals surface area contributed by atoms with Crippen LogP contribution in [0.25, 0.3) is 0 Å². The van der Waals surface area contributed by atoms with Gasteiger partial charge < -0.3 is 9.47 Å². The third-order valence-electron chi connectivity index (χ3n) is 1.32. The van der Waals surface area contributed by atoms with Crippen molar-refractivity contribution in [3.05, 3.63) is 18.6 Å². The minimum Gasteiger partial charge on any atom is -0.465 e. The maximum atomic E-state index is 11.1. The first-order valence-electron chi connectivity index (χ1n) is 3.40. The quantitative estimate of drug-likeness (QED) is 0.706. The van der Waals surface area contributed by atoms with Crippen LogP contribution in [-0.2, 0) is 9.47 Å². The highest BCUT2D eigenvalue weighted by atomic mass is 32.2. The average molecular weight is 234 g/mol. The highest BCUT2D eigenvalue weighted by Crippen LogP contribution is 2.18. The highest BCUT2D eigenvalue weighted by Gasteiger charge is 2.23. The van der Waals surface area contributed by atoms with E-state index >= 15 is 0 Å². The summed E-state index contributed by atoms with van der Waals surface area (Å²) in [6.07, 6.45) is 0. The van der Waals surface area contributed by atoms with E-state index in [1.165, 1.54) is 14.2 Å². The molecule has 0 unspecified atom stereocenters. The zero-order valence-corrected chi connectivity index (χ0v) is 8.99. The molecule has 0 spiro atoms. The maximum absolute atomic E-state index is 11.1. The first-order valence-corrected chi connectivity index (χ1v) is 5.04. The average Bonchev–Trinajstić information content (AvgIpc) is 2.58. The van der Waals surface area contributed by atoms with Crippen LogP contribution in [0, 0.1) is 0 Å². The summed E-state index contributed by atoms with van der Waals surface area (Å²) in [5.41, 5.74) is 0. The molecule has 5 nitrogen and oxygen atoms in total. The standard InChI is InChI=1S/C7H6O5S2/c1-11-5(8)3-4(6(9)12-2)14-7(10)13-3/h1-2H3. The molecule has 0 N–H and O–H groups in total. The van der Waals surface area contributed by atoms with Crippen LogP contribution in [0.5, 0.6) is 0 Å². The van der Waals surface area contributed by atoms with Gasteiger partial charge in [0.2, 0.25) is 0 Å². The molecule has 1 heterocycles. The number of carbonyl (C=O) groups is 2. The molecule has 1 rings (SSSR count). The SMILES string of the molecule is COC(=O)c1sc(=O)sc1C(=O)OC. The third-order valence-corrected chi connectivity index (χ3v) is 3.43. The fourth-order valence-electron chi connectivity index (χ4n) is 0.734. The van der Waals surface area contributed by atoms with Gasteiger partial charge in [0, 0.05) is 0 Å². The molecule has 0 aliphatic rings. The summed E-state index contributed by atoms with van der Waals surface area (Å²) < 4.78 is 8.49. The van der Waals surface area contributed by atoms with E-state index in [1.807, 2.05) is 0 Å². The number of rotatable bonds is 2. The van der Waals surface area contributed by atoms with Crippen LogP contribution >= 0.6 is 22.7 Å². The van der Waals surface area contributed by atoms with Gasteiger partial charge in [0.25, 0.3) is 4.06 Å². The van der Waals surface area contributed by atoms with Crippen molar-refractivity contribution in [1.82, 2.24) is 0 Å². The van der Waals surface area contributed by atoms with Crippen molar-refractivity contribution in [2.24, 2.45) is 0 Å². The number of carbonyl (C=O) groups excluding carboxylic acids is 2. The molecule has 0 amide bonds. The Morgan fingerprint density at radius 3 is 1.64 bits per heavy atom. The van der Waals surface area contributed by atoms with Crippen molar-refractivity contribution in [3.63, 3.8) is 0 Å². The van der Waals surface area contributed by atoms with E-state index in [9.17, 15) is 14.4 Å². The van der Waals surface area contributed by atoms with Crippen molar-refractivity contribution in [1.29, 1.82) is 0 Å². The van der Waals surface area contributed by atoms with E-state index in [1.54, 1.807) is 0 Å². The van der Waals surface area contributed by atoms with Gasteiger partial charge in [-0.2, -0.15) is 0 Å². The highest BCUT2D eigenvalue weighted by molar-refractivity contribution is 7.29. The van der Waals surface area contributed by atoms with E-state index in [4.69, 9.17) is 0 Å². The summed E-state index contributed by atoms with van der Waals surface area (Å²) in [5.74, 6) is -1.40. The monoisotopic (exact) mass is 234 g/mol. The molecule has 1 aromatic rings. The summed E-state index contributed by atoms with van der Waals surface area (Å²) >= 11 is 1.36. The van der Waals surface area contributed by atoms with Crippen LogP contribution in [-0.4, -0.2) is 26.2 Å². The van der Waals surface area contributed by atoms with Gasteiger partial charge >= 0.3 is 11.9 Å². The topological polar surface area (TPSA) is 69.7 Å². The van der Waals surface area contributed by atoms with Gasteiger partial charge in [-0.25, -0.2) is 9.59 Å². The molecule has 0 aliphatic heterocycles. The molecule has 0 saturated heterocycles. The van der Waals surface area contributed by atoms with Crippen molar-refractivity contribution in [3.8, 4) is 0 Å². The molecule has 76 valence electrons. The minimum absolute atomic E-state index is 0.00523. The van der Waals surface area contributed by atoms with E-state index in [2.05, 4.69) is 9.47 Å². The first-order chi connectivity index (χ1) is 6.60. The Labute approximate surface area is 86.9 Å². The first kappa shape index (κ1) is 10.9. The van der Waals surface area contributed by atoms with E-state index in [0.29, 0.717) is 22.7 Å². The van der Waals surface area contributed by atoms with Gasteiger partial charge in [-0.1, -0.05) is 22.7 Å². The third kappa shape index (κ3) is 1.99. The summed E-state index contributed by atoms with van der Waals surface area (Å²) in [6, 6.07) is 0. The second kappa shape index (κ2) is 4.34. The van der Waals surface area contributed by atoms with Crippen LogP contribution < -0.4 is 4.06 Å². The van der Waals surface area contributed by atoms with Gasteiger partial charge in [0.15, 0.2) is 0 Å². The van der Waals surface area contributed by atoms with Gasteiger partial charge in [0.05, 0.1) is 14.2 Å². The second-order valence-corrected chi connectivity index (χ2v) is 4.32. The summed E-state index contributed by atoms with van der Waals surface area (Å²) in [6.45, 7) is 0. The Morgan fingerprint density at radius 2 is 1.36 bits per heavy atom. The zero-order valence-electron chi connectivity index (χ0n) is 7.36. The summed E-state index contributed by atoms with van der Waals surface area (Å²) in [4.78, 5) is 33.2. The Morgan fingerprint density at radius 1 is 1.00 bits per heavy atom. The van der Waals surface area contributed by atoms with E-state index < -0.39 is 11.9 Å². The van der Waals surface area contributed by atoms with Crippen molar-refractivity contribution >= 4 is 34.6 Å². The van der Waals surface area contributed by atoms with Crippen LogP contribution in [0.2, 0.25) is 0 Å². The predicted molar refractivity (Wildman–Crippen MR) is 51.1 cm³/mol.